The number of pyridine rings is 1. The number of hydrogen-bond donors (Lipinski definition) is 0. The average Bonchev–Trinajstić information content (AvgIpc) is 2.98. The van der Waals surface area contributed by atoms with Gasteiger partial charge in [0.1, 0.15) is 17.4 Å². The normalized spacial score (nSPS) is 15.7. The topological polar surface area (TPSA) is 77.9 Å². The minimum Gasteiger partial charge on any atom is -0.495 e. The molecule has 2 aromatic heterocycles. The van der Waals surface area contributed by atoms with Crippen molar-refractivity contribution in [1.29, 1.82) is 0 Å². The number of carbonyl (C=O) groups excluding carboxylic acids is 1. The van der Waals surface area contributed by atoms with Gasteiger partial charge in [0.25, 0.3) is 0 Å². The number of rotatable bonds is 6. The third-order valence-corrected chi connectivity index (χ3v) is 7.97. The molecule has 0 N–H and O–H groups in total. The molecule has 1 saturated heterocycles. The van der Waals surface area contributed by atoms with E-state index in [1.807, 2.05) is 19.1 Å². The van der Waals surface area contributed by atoms with Crippen LogP contribution in [0.4, 0.5) is 27.8 Å². The lowest BCUT2D eigenvalue weighted by Gasteiger charge is -2.36. The molecule has 2 aliphatic rings. The van der Waals surface area contributed by atoms with Gasteiger partial charge in [0.15, 0.2) is 5.82 Å². The summed E-state index contributed by atoms with van der Waals surface area (Å²) in [6.07, 6.45) is 3.94. The Morgan fingerprint density at radius 1 is 0.951 bits per heavy atom. The van der Waals surface area contributed by atoms with Gasteiger partial charge >= 0.3 is 6.03 Å². The molecule has 2 aliphatic heterocycles. The molecule has 0 spiro atoms. The number of ether oxygens (including phenoxy) is 1. The molecule has 1 fully saturated rings. The molecular formula is C31H32ClN7O2. The molecule has 4 aromatic rings. The third-order valence-electron chi connectivity index (χ3n) is 7.67. The van der Waals surface area contributed by atoms with E-state index in [9.17, 15) is 4.79 Å². The molecule has 2 amide bonds. The van der Waals surface area contributed by atoms with Gasteiger partial charge in [-0.1, -0.05) is 35.9 Å². The number of halogens is 1. The molecule has 6 rings (SSSR count). The Labute approximate surface area is 245 Å². The quantitative estimate of drug-likeness (QED) is 0.305. The van der Waals surface area contributed by atoms with E-state index in [2.05, 4.69) is 46.1 Å². The maximum absolute atomic E-state index is 14.1. The molecule has 9 nitrogen and oxygen atoms in total. The van der Waals surface area contributed by atoms with Crippen LogP contribution in [0.25, 0.3) is 0 Å². The van der Waals surface area contributed by atoms with Gasteiger partial charge in [0.05, 0.1) is 30.6 Å². The maximum Gasteiger partial charge on any atom is 0.336 e. The number of carbonyl (C=O) groups is 1. The molecule has 0 aliphatic carbocycles. The van der Waals surface area contributed by atoms with Crippen LogP contribution in [0, 0.1) is 6.92 Å². The van der Waals surface area contributed by atoms with Crippen LogP contribution in [-0.2, 0) is 13.0 Å². The van der Waals surface area contributed by atoms with E-state index < -0.39 is 0 Å². The van der Waals surface area contributed by atoms with Crippen LogP contribution in [0.2, 0.25) is 5.02 Å². The monoisotopic (exact) mass is 569 g/mol. The SMILES string of the molecule is COc1ccc(N2C(=O)N(c3c(C)cccc3Cl)Cc3cnc(Cc4ccc(N5CCN(C)CC5)cc4)nc32)nc1. The first kappa shape index (κ1) is 27.0. The van der Waals surface area contributed by atoms with Gasteiger partial charge in [-0.15, -0.1) is 0 Å². The zero-order chi connectivity index (χ0) is 28.5. The molecule has 0 saturated carbocycles. The lowest BCUT2D eigenvalue weighted by atomic mass is 10.1. The van der Waals surface area contributed by atoms with Crippen LogP contribution in [0.5, 0.6) is 5.75 Å². The number of urea groups is 1. The summed E-state index contributed by atoms with van der Waals surface area (Å²) in [5.41, 5.74) is 4.69. The summed E-state index contributed by atoms with van der Waals surface area (Å²) in [5.74, 6) is 2.19. The number of hydrogen-bond acceptors (Lipinski definition) is 7. The average molecular weight is 570 g/mol. The number of benzene rings is 2. The molecule has 10 heteroatoms. The number of amides is 2. The van der Waals surface area contributed by atoms with Crippen LogP contribution < -0.4 is 19.4 Å². The highest BCUT2D eigenvalue weighted by Crippen LogP contribution is 2.39. The van der Waals surface area contributed by atoms with E-state index in [4.69, 9.17) is 26.3 Å². The minimum absolute atomic E-state index is 0.285. The summed E-state index contributed by atoms with van der Waals surface area (Å²) in [5, 5.41) is 0.502. The predicted octanol–water partition coefficient (Wildman–Crippen LogP) is 5.46. The Hall–Kier alpha value is -4.21. The molecular weight excluding hydrogens is 538 g/mol. The number of fused-ring (bicyclic) bond motifs is 1. The second-order valence-electron chi connectivity index (χ2n) is 10.4. The molecule has 210 valence electrons. The first-order valence-corrected chi connectivity index (χ1v) is 14.0. The first-order valence-electron chi connectivity index (χ1n) is 13.7. The van der Waals surface area contributed by atoms with Gasteiger partial charge in [-0.3, -0.25) is 4.90 Å². The Bertz CT molecular complexity index is 1530. The lowest BCUT2D eigenvalue weighted by molar-refractivity contribution is 0.252. The van der Waals surface area contributed by atoms with Crippen molar-refractivity contribution in [2.45, 2.75) is 19.9 Å². The zero-order valence-corrected chi connectivity index (χ0v) is 24.2. The fourth-order valence-corrected chi connectivity index (χ4v) is 5.64. The van der Waals surface area contributed by atoms with Crippen molar-refractivity contribution >= 4 is 40.6 Å². The molecule has 0 atom stereocenters. The van der Waals surface area contributed by atoms with E-state index in [1.54, 1.807) is 42.6 Å². The van der Waals surface area contributed by atoms with Crippen LogP contribution in [0.1, 0.15) is 22.5 Å². The number of aromatic nitrogens is 3. The van der Waals surface area contributed by atoms with E-state index in [0.717, 1.165) is 42.9 Å². The summed E-state index contributed by atoms with van der Waals surface area (Å²) in [7, 11) is 3.74. The number of methoxy groups -OCH3 is 1. The number of nitrogens with zero attached hydrogens (tertiary/aromatic N) is 7. The summed E-state index contributed by atoms with van der Waals surface area (Å²) in [6.45, 7) is 6.42. The molecule has 2 aromatic carbocycles. The van der Waals surface area contributed by atoms with Crippen molar-refractivity contribution in [2.24, 2.45) is 0 Å². The largest absolute Gasteiger partial charge is 0.495 e. The number of aryl methyl sites for hydroxylation is 1. The number of likely N-dealkylation sites (N-methyl/N-ethyl adjacent to an activating group) is 1. The Balaban J connectivity index is 1.32. The first-order chi connectivity index (χ1) is 19.9. The van der Waals surface area contributed by atoms with Crippen LogP contribution in [-0.4, -0.2) is 66.2 Å². The third kappa shape index (κ3) is 5.42. The fourth-order valence-electron chi connectivity index (χ4n) is 5.32. The van der Waals surface area contributed by atoms with Crippen molar-refractivity contribution in [3.05, 3.63) is 94.5 Å². The van der Waals surface area contributed by atoms with Crippen molar-refractivity contribution in [3.8, 4) is 5.75 Å². The smallest absolute Gasteiger partial charge is 0.336 e. The molecule has 4 heterocycles. The molecule has 0 unspecified atom stereocenters. The van der Waals surface area contributed by atoms with Crippen molar-refractivity contribution in [2.75, 3.05) is 55.0 Å². The highest BCUT2D eigenvalue weighted by molar-refractivity contribution is 6.34. The van der Waals surface area contributed by atoms with Gasteiger partial charge in [0.2, 0.25) is 0 Å². The number of piperazine rings is 1. The van der Waals surface area contributed by atoms with Gasteiger partial charge in [-0.25, -0.2) is 24.6 Å². The number of anilines is 4. The van der Waals surface area contributed by atoms with E-state index >= 15 is 0 Å². The second kappa shape index (κ2) is 11.3. The van der Waals surface area contributed by atoms with Crippen molar-refractivity contribution in [1.82, 2.24) is 19.9 Å². The van der Waals surface area contributed by atoms with Gasteiger partial charge < -0.3 is 14.5 Å². The zero-order valence-electron chi connectivity index (χ0n) is 23.4. The Kier molecular flexibility index (Phi) is 7.47. The van der Waals surface area contributed by atoms with Crippen LogP contribution in [0.3, 0.4) is 0 Å². The van der Waals surface area contributed by atoms with E-state index in [-0.39, 0.29) is 6.03 Å². The molecule has 0 radical (unpaired) electrons. The number of para-hydroxylation sites is 1. The fraction of sp³-hybridized carbons (Fsp3) is 0.290. The summed E-state index contributed by atoms with van der Waals surface area (Å²) in [4.78, 5) is 36.1. The maximum atomic E-state index is 14.1. The van der Waals surface area contributed by atoms with Crippen LogP contribution in [0.15, 0.2) is 67.0 Å². The van der Waals surface area contributed by atoms with Crippen LogP contribution >= 0.6 is 11.6 Å². The van der Waals surface area contributed by atoms with Gasteiger partial charge in [-0.2, -0.15) is 0 Å². The summed E-state index contributed by atoms with van der Waals surface area (Å²) >= 11 is 6.59. The lowest BCUT2D eigenvalue weighted by Crippen LogP contribution is -2.46. The van der Waals surface area contributed by atoms with E-state index in [0.29, 0.717) is 46.9 Å². The Morgan fingerprint density at radius 2 is 1.73 bits per heavy atom. The van der Waals surface area contributed by atoms with Gasteiger partial charge in [0, 0.05) is 50.0 Å². The highest BCUT2D eigenvalue weighted by Gasteiger charge is 2.36. The van der Waals surface area contributed by atoms with Crippen molar-refractivity contribution in [3.63, 3.8) is 0 Å². The van der Waals surface area contributed by atoms with Crippen molar-refractivity contribution < 1.29 is 9.53 Å². The minimum atomic E-state index is -0.285. The predicted molar refractivity (Wildman–Crippen MR) is 162 cm³/mol. The molecule has 0 bridgehead atoms. The second-order valence-corrected chi connectivity index (χ2v) is 10.8. The summed E-state index contributed by atoms with van der Waals surface area (Å²) in [6, 6.07) is 17.4. The van der Waals surface area contributed by atoms with Gasteiger partial charge in [-0.05, 0) is 55.4 Å². The summed E-state index contributed by atoms with van der Waals surface area (Å²) < 4.78 is 5.29. The Morgan fingerprint density at radius 3 is 2.41 bits per heavy atom. The standard InChI is InChI=1S/C31H32ClN7O2/c1-21-5-4-6-26(32)29(21)38-20-23-18-33-27(17-22-7-9-24(10-8-22)37-15-13-36(2)14-16-37)35-30(23)39(31(38)40)28-12-11-25(41-3)19-34-28/h4-12,18-19H,13-17,20H2,1-3H3. The highest BCUT2D eigenvalue weighted by atomic mass is 35.5. The molecule has 41 heavy (non-hydrogen) atoms. The van der Waals surface area contributed by atoms with E-state index in [1.165, 1.54) is 10.6 Å².